The van der Waals surface area contributed by atoms with Gasteiger partial charge in [-0.05, 0) is 54.3 Å². The molecule has 100 valence electrons. The first-order valence-electron chi connectivity index (χ1n) is 7.07. The van der Waals surface area contributed by atoms with Crippen molar-refractivity contribution in [3.05, 3.63) is 48.0 Å². The zero-order chi connectivity index (χ0) is 13.3. The Bertz CT molecular complexity index is 572. The molecular formula is C17H22N2. The first-order valence-corrected chi connectivity index (χ1v) is 7.07. The molecule has 1 aliphatic carbocycles. The summed E-state index contributed by atoms with van der Waals surface area (Å²) in [5.41, 5.74) is 7.66. The van der Waals surface area contributed by atoms with E-state index in [4.69, 9.17) is 5.73 Å². The number of hydrogen-bond acceptors (Lipinski definition) is 2. The topological polar surface area (TPSA) is 29.3 Å². The van der Waals surface area contributed by atoms with Crippen LogP contribution in [0.4, 0.5) is 0 Å². The second kappa shape index (κ2) is 4.95. The van der Waals surface area contributed by atoms with Crippen LogP contribution in [0, 0.1) is 5.41 Å². The van der Waals surface area contributed by atoms with E-state index in [1.54, 1.807) is 0 Å². The molecule has 0 spiro atoms. The van der Waals surface area contributed by atoms with Gasteiger partial charge in [-0.15, -0.1) is 0 Å². The van der Waals surface area contributed by atoms with E-state index >= 15 is 0 Å². The van der Waals surface area contributed by atoms with Crippen molar-refractivity contribution in [2.75, 3.05) is 20.1 Å². The van der Waals surface area contributed by atoms with Crippen molar-refractivity contribution in [1.29, 1.82) is 0 Å². The molecule has 0 bridgehead atoms. The minimum atomic E-state index is 0.422. The van der Waals surface area contributed by atoms with Gasteiger partial charge < -0.3 is 10.6 Å². The fraction of sp³-hybridized carbons (Fsp3) is 0.412. The summed E-state index contributed by atoms with van der Waals surface area (Å²) in [6.07, 6.45) is 2.59. The molecule has 0 saturated heterocycles. The average Bonchev–Trinajstić information content (AvgIpc) is 3.19. The summed E-state index contributed by atoms with van der Waals surface area (Å²) in [5.74, 6) is 0. The predicted octanol–water partition coefficient (Wildman–Crippen LogP) is 3.01. The third kappa shape index (κ3) is 2.80. The molecule has 2 aromatic carbocycles. The van der Waals surface area contributed by atoms with E-state index in [-0.39, 0.29) is 0 Å². The minimum Gasteiger partial charge on any atom is -0.330 e. The van der Waals surface area contributed by atoms with Gasteiger partial charge in [0, 0.05) is 13.1 Å². The molecule has 0 radical (unpaired) electrons. The van der Waals surface area contributed by atoms with Crippen LogP contribution in [-0.4, -0.2) is 25.0 Å². The molecule has 0 atom stereocenters. The summed E-state index contributed by atoms with van der Waals surface area (Å²) >= 11 is 0. The van der Waals surface area contributed by atoms with Crippen LogP contribution < -0.4 is 5.73 Å². The van der Waals surface area contributed by atoms with Crippen molar-refractivity contribution in [3.63, 3.8) is 0 Å². The zero-order valence-corrected chi connectivity index (χ0v) is 11.6. The fourth-order valence-electron chi connectivity index (χ4n) is 2.88. The maximum atomic E-state index is 5.86. The average molecular weight is 254 g/mol. The van der Waals surface area contributed by atoms with Crippen LogP contribution in [0.3, 0.4) is 0 Å². The van der Waals surface area contributed by atoms with Crippen LogP contribution in [0.1, 0.15) is 18.4 Å². The molecule has 0 aromatic heterocycles. The lowest BCUT2D eigenvalue weighted by molar-refractivity contribution is 0.259. The number of benzene rings is 2. The lowest BCUT2D eigenvalue weighted by Gasteiger charge is -2.22. The lowest BCUT2D eigenvalue weighted by atomic mass is 10.1. The van der Waals surface area contributed by atoms with Crippen molar-refractivity contribution in [3.8, 4) is 0 Å². The van der Waals surface area contributed by atoms with Crippen LogP contribution in [0.15, 0.2) is 42.5 Å². The second-order valence-corrected chi connectivity index (χ2v) is 6.06. The van der Waals surface area contributed by atoms with Gasteiger partial charge in [0.25, 0.3) is 0 Å². The van der Waals surface area contributed by atoms with Gasteiger partial charge >= 0.3 is 0 Å². The molecule has 1 aliphatic rings. The van der Waals surface area contributed by atoms with Gasteiger partial charge in [0.05, 0.1) is 0 Å². The van der Waals surface area contributed by atoms with Crippen LogP contribution in [0.25, 0.3) is 10.8 Å². The summed E-state index contributed by atoms with van der Waals surface area (Å²) in [5, 5.41) is 2.64. The molecule has 0 unspecified atom stereocenters. The Hall–Kier alpha value is -1.38. The molecule has 2 N–H and O–H groups in total. The van der Waals surface area contributed by atoms with Gasteiger partial charge in [-0.3, -0.25) is 0 Å². The summed E-state index contributed by atoms with van der Waals surface area (Å²) in [4.78, 5) is 2.41. The van der Waals surface area contributed by atoms with Gasteiger partial charge in [-0.2, -0.15) is 0 Å². The number of fused-ring (bicyclic) bond motifs is 1. The highest BCUT2D eigenvalue weighted by Crippen LogP contribution is 2.45. The Balaban J connectivity index is 1.70. The van der Waals surface area contributed by atoms with Crippen LogP contribution in [0.5, 0.6) is 0 Å². The van der Waals surface area contributed by atoms with Gasteiger partial charge in [0.1, 0.15) is 0 Å². The first-order chi connectivity index (χ1) is 9.21. The Labute approximate surface area is 115 Å². The highest BCUT2D eigenvalue weighted by atomic mass is 15.1. The molecule has 2 aromatic rings. The highest BCUT2D eigenvalue weighted by Gasteiger charge is 2.41. The van der Waals surface area contributed by atoms with Crippen LogP contribution >= 0.6 is 0 Å². The van der Waals surface area contributed by atoms with Crippen LogP contribution in [-0.2, 0) is 6.54 Å². The Morgan fingerprint density at radius 1 is 1.11 bits per heavy atom. The zero-order valence-electron chi connectivity index (χ0n) is 11.6. The SMILES string of the molecule is CN(Cc1ccc2ccccc2c1)CC1(CN)CC1. The van der Waals surface area contributed by atoms with E-state index in [0.29, 0.717) is 5.41 Å². The van der Waals surface area contributed by atoms with Crippen molar-refractivity contribution in [2.24, 2.45) is 11.1 Å². The first kappa shape index (κ1) is 12.6. The third-order valence-electron chi connectivity index (χ3n) is 4.26. The number of nitrogens with two attached hydrogens (primary N) is 1. The van der Waals surface area contributed by atoms with E-state index in [2.05, 4.69) is 54.4 Å². The Morgan fingerprint density at radius 2 is 1.84 bits per heavy atom. The van der Waals surface area contributed by atoms with Crippen LogP contribution in [0.2, 0.25) is 0 Å². The third-order valence-corrected chi connectivity index (χ3v) is 4.26. The van der Waals surface area contributed by atoms with Gasteiger partial charge in [-0.25, -0.2) is 0 Å². The maximum Gasteiger partial charge on any atom is 0.0231 e. The molecule has 1 fully saturated rings. The van der Waals surface area contributed by atoms with Gasteiger partial charge in [0.15, 0.2) is 0 Å². The summed E-state index contributed by atoms with van der Waals surface area (Å²) in [7, 11) is 2.20. The van der Waals surface area contributed by atoms with Crippen molar-refractivity contribution in [2.45, 2.75) is 19.4 Å². The normalized spacial score (nSPS) is 17.0. The van der Waals surface area contributed by atoms with E-state index in [9.17, 15) is 0 Å². The second-order valence-electron chi connectivity index (χ2n) is 6.06. The highest BCUT2D eigenvalue weighted by molar-refractivity contribution is 5.82. The Morgan fingerprint density at radius 3 is 2.53 bits per heavy atom. The van der Waals surface area contributed by atoms with Crippen molar-refractivity contribution < 1.29 is 0 Å². The molecule has 0 aliphatic heterocycles. The predicted molar refractivity (Wildman–Crippen MR) is 81.0 cm³/mol. The van der Waals surface area contributed by atoms with Gasteiger partial charge in [0.2, 0.25) is 0 Å². The van der Waals surface area contributed by atoms with Crippen molar-refractivity contribution >= 4 is 10.8 Å². The molecular weight excluding hydrogens is 232 g/mol. The van der Waals surface area contributed by atoms with Crippen molar-refractivity contribution in [1.82, 2.24) is 4.90 Å². The summed E-state index contributed by atoms with van der Waals surface area (Å²) < 4.78 is 0. The minimum absolute atomic E-state index is 0.422. The van der Waals surface area contributed by atoms with E-state index in [0.717, 1.165) is 19.6 Å². The molecule has 0 heterocycles. The van der Waals surface area contributed by atoms with E-state index < -0.39 is 0 Å². The fourth-order valence-corrected chi connectivity index (χ4v) is 2.88. The van der Waals surface area contributed by atoms with E-state index in [1.807, 2.05) is 0 Å². The smallest absolute Gasteiger partial charge is 0.0231 e. The number of rotatable bonds is 5. The lowest BCUT2D eigenvalue weighted by Crippen LogP contribution is -2.31. The number of nitrogens with zero attached hydrogens (tertiary/aromatic N) is 1. The Kier molecular flexibility index (Phi) is 3.29. The molecule has 1 saturated carbocycles. The monoisotopic (exact) mass is 254 g/mol. The molecule has 2 heteroatoms. The largest absolute Gasteiger partial charge is 0.330 e. The van der Waals surface area contributed by atoms with Gasteiger partial charge in [-0.1, -0.05) is 36.4 Å². The maximum absolute atomic E-state index is 5.86. The molecule has 0 amide bonds. The standard InChI is InChI=1S/C17H22N2/c1-19(13-17(12-18)8-9-17)11-14-6-7-15-4-2-3-5-16(15)10-14/h2-7,10H,8-9,11-13,18H2,1H3. The quantitative estimate of drug-likeness (QED) is 0.888. The van der Waals surface area contributed by atoms with E-state index in [1.165, 1.54) is 29.2 Å². The number of hydrogen-bond donors (Lipinski definition) is 1. The molecule has 3 rings (SSSR count). The molecule has 19 heavy (non-hydrogen) atoms. The molecule has 2 nitrogen and oxygen atoms in total. The summed E-state index contributed by atoms with van der Waals surface area (Å²) in [6.45, 7) is 2.96. The summed E-state index contributed by atoms with van der Waals surface area (Å²) in [6, 6.07) is 15.3.